The van der Waals surface area contributed by atoms with Gasteiger partial charge in [-0.3, -0.25) is 4.79 Å². The second-order valence-corrected chi connectivity index (χ2v) is 10.2. The van der Waals surface area contributed by atoms with E-state index in [1.807, 2.05) is 30.3 Å². The molecule has 156 valence electrons. The van der Waals surface area contributed by atoms with E-state index in [2.05, 4.69) is 69.0 Å². The van der Waals surface area contributed by atoms with Gasteiger partial charge in [0.2, 0.25) is 0 Å². The summed E-state index contributed by atoms with van der Waals surface area (Å²) in [6.45, 7) is 0. The Morgan fingerprint density at radius 3 is 2.61 bits per heavy atom. The maximum atomic E-state index is 13.0. The highest BCUT2D eigenvalue weighted by molar-refractivity contribution is 9.10. The van der Waals surface area contributed by atoms with E-state index in [-0.39, 0.29) is 5.91 Å². The summed E-state index contributed by atoms with van der Waals surface area (Å²) in [5.41, 5.74) is 5.46. The van der Waals surface area contributed by atoms with Crippen molar-refractivity contribution < 1.29 is 4.79 Å². The van der Waals surface area contributed by atoms with Crippen LogP contribution in [0.5, 0.6) is 0 Å². The third-order valence-corrected chi connectivity index (χ3v) is 8.08. The molecule has 2 bridgehead atoms. The van der Waals surface area contributed by atoms with Crippen molar-refractivity contribution in [1.29, 1.82) is 0 Å². The molecule has 2 N–H and O–H groups in total. The van der Waals surface area contributed by atoms with Crippen LogP contribution in [0.25, 0.3) is 0 Å². The van der Waals surface area contributed by atoms with Gasteiger partial charge in [0, 0.05) is 21.4 Å². The first-order valence-electron chi connectivity index (χ1n) is 11.2. The van der Waals surface area contributed by atoms with Crippen molar-refractivity contribution in [3.05, 3.63) is 94.0 Å². The molecule has 0 spiro atoms. The summed E-state index contributed by atoms with van der Waals surface area (Å²) in [5, 5.41) is 6.90. The van der Waals surface area contributed by atoms with Gasteiger partial charge in [-0.25, -0.2) is 0 Å². The van der Waals surface area contributed by atoms with Crippen LogP contribution in [0.3, 0.4) is 0 Å². The molecule has 0 aromatic heterocycles. The fourth-order valence-electron chi connectivity index (χ4n) is 6.39. The number of carbonyl (C=O) groups is 1. The molecular weight excluding hydrogens is 448 g/mol. The number of nitrogens with one attached hydrogen (secondary N) is 2. The van der Waals surface area contributed by atoms with Crippen molar-refractivity contribution >= 4 is 33.2 Å². The van der Waals surface area contributed by atoms with Crippen molar-refractivity contribution in [3.8, 4) is 0 Å². The third-order valence-electron chi connectivity index (χ3n) is 7.59. The number of benzene rings is 3. The molecule has 2 aliphatic carbocycles. The maximum Gasteiger partial charge on any atom is 0.255 e. The zero-order chi connectivity index (χ0) is 20.9. The molecule has 4 heteroatoms. The Bertz CT molecular complexity index is 1140. The molecule has 1 amide bonds. The van der Waals surface area contributed by atoms with Crippen molar-refractivity contribution in [2.45, 2.75) is 31.2 Å². The van der Waals surface area contributed by atoms with E-state index in [4.69, 9.17) is 0 Å². The predicted molar refractivity (Wildman–Crippen MR) is 128 cm³/mol. The average Bonchev–Trinajstić information content (AvgIpc) is 3.42. The molecule has 1 heterocycles. The molecule has 5 atom stereocenters. The summed E-state index contributed by atoms with van der Waals surface area (Å²) < 4.78 is 0.955. The number of halogens is 1. The minimum absolute atomic E-state index is 0.0502. The van der Waals surface area contributed by atoms with Gasteiger partial charge < -0.3 is 10.6 Å². The highest BCUT2D eigenvalue weighted by Crippen LogP contribution is 2.63. The van der Waals surface area contributed by atoms with Crippen molar-refractivity contribution in [2.75, 3.05) is 10.6 Å². The lowest BCUT2D eigenvalue weighted by molar-refractivity contribution is 0.102. The van der Waals surface area contributed by atoms with Crippen LogP contribution in [0.1, 0.15) is 52.7 Å². The van der Waals surface area contributed by atoms with E-state index < -0.39 is 0 Å². The van der Waals surface area contributed by atoms with E-state index >= 15 is 0 Å². The van der Waals surface area contributed by atoms with Crippen LogP contribution in [0, 0.1) is 17.8 Å². The van der Waals surface area contributed by atoms with Gasteiger partial charge in [-0.05, 0) is 90.5 Å². The molecule has 2 saturated carbocycles. The SMILES string of the molecule is O=C(Nc1cccc(Br)c1)c1ccc2c(c1)[C@@H]1[C@H]3CC[C@@H](C3)[C@H]1[C@H](c1ccccc1)N2. The summed E-state index contributed by atoms with van der Waals surface area (Å²) in [7, 11) is 0. The molecule has 0 radical (unpaired) electrons. The fourth-order valence-corrected chi connectivity index (χ4v) is 6.79. The number of rotatable bonds is 3. The predicted octanol–water partition coefficient (Wildman–Crippen LogP) is 7.00. The summed E-state index contributed by atoms with van der Waals surface area (Å²) in [5.74, 6) is 2.62. The summed E-state index contributed by atoms with van der Waals surface area (Å²) >= 11 is 3.47. The van der Waals surface area contributed by atoms with Gasteiger partial charge in [0.05, 0.1) is 6.04 Å². The van der Waals surface area contributed by atoms with Crippen LogP contribution in [0.15, 0.2) is 77.3 Å². The number of hydrogen-bond acceptors (Lipinski definition) is 2. The van der Waals surface area contributed by atoms with E-state index in [0.29, 0.717) is 17.9 Å². The lowest BCUT2D eigenvalue weighted by Crippen LogP contribution is -2.35. The topological polar surface area (TPSA) is 41.1 Å². The Labute approximate surface area is 191 Å². The van der Waals surface area contributed by atoms with Gasteiger partial charge >= 0.3 is 0 Å². The number of hydrogen-bond donors (Lipinski definition) is 2. The monoisotopic (exact) mass is 472 g/mol. The van der Waals surface area contributed by atoms with Gasteiger partial charge in [-0.1, -0.05) is 52.3 Å². The minimum Gasteiger partial charge on any atom is -0.378 e. The molecule has 3 nitrogen and oxygen atoms in total. The summed E-state index contributed by atoms with van der Waals surface area (Å²) in [4.78, 5) is 13.0. The fraction of sp³-hybridized carbons (Fsp3) is 0.296. The molecular formula is C27H25BrN2O. The summed E-state index contributed by atoms with van der Waals surface area (Å²) in [6, 6.07) is 25.2. The normalized spacial score (nSPS) is 27.8. The first-order chi connectivity index (χ1) is 15.2. The van der Waals surface area contributed by atoms with Crippen molar-refractivity contribution in [2.24, 2.45) is 17.8 Å². The molecule has 0 saturated heterocycles. The van der Waals surface area contributed by atoms with Gasteiger partial charge in [-0.2, -0.15) is 0 Å². The zero-order valence-electron chi connectivity index (χ0n) is 17.2. The Morgan fingerprint density at radius 1 is 0.935 bits per heavy atom. The van der Waals surface area contributed by atoms with Crippen molar-refractivity contribution in [3.63, 3.8) is 0 Å². The average molecular weight is 473 g/mol. The third kappa shape index (κ3) is 3.28. The highest BCUT2D eigenvalue weighted by Gasteiger charge is 2.53. The first-order valence-corrected chi connectivity index (χ1v) is 12.0. The van der Waals surface area contributed by atoms with Crippen LogP contribution in [0.4, 0.5) is 11.4 Å². The number of fused-ring (bicyclic) bond motifs is 7. The van der Waals surface area contributed by atoms with E-state index in [1.54, 1.807) is 0 Å². The highest BCUT2D eigenvalue weighted by atomic mass is 79.9. The van der Waals surface area contributed by atoms with Gasteiger partial charge in [0.1, 0.15) is 0 Å². The Hall–Kier alpha value is -2.59. The lowest BCUT2D eigenvalue weighted by Gasteiger charge is -2.43. The molecule has 1 aliphatic heterocycles. The molecule has 6 rings (SSSR count). The minimum atomic E-state index is -0.0502. The Kier molecular flexibility index (Phi) is 4.64. The lowest BCUT2D eigenvalue weighted by atomic mass is 9.68. The summed E-state index contributed by atoms with van der Waals surface area (Å²) in [6.07, 6.45) is 3.99. The molecule has 0 unspecified atom stereocenters. The molecule has 3 aromatic rings. The molecule has 31 heavy (non-hydrogen) atoms. The van der Waals surface area contributed by atoms with E-state index in [1.165, 1.54) is 36.1 Å². The zero-order valence-corrected chi connectivity index (χ0v) is 18.8. The molecule has 3 aromatic carbocycles. The Morgan fingerprint density at radius 2 is 1.77 bits per heavy atom. The smallest absolute Gasteiger partial charge is 0.255 e. The largest absolute Gasteiger partial charge is 0.378 e. The molecule has 2 fully saturated rings. The van der Waals surface area contributed by atoms with E-state index in [0.717, 1.165) is 27.6 Å². The van der Waals surface area contributed by atoms with Gasteiger partial charge in [0.15, 0.2) is 0 Å². The molecule has 3 aliphatic rings. The van der Waals surface area contributed by atoms with E-state index in [9.17, 15) is 4.79 Å². The number of amides is 1. The second kappa shape index (κ2) is 7.52. The van der Waals surface area contributed by atoms with Crippen LogP contribution in [0.2, 0.25) is 0 Å². The van der Waals surface area contributed by atoms with Crippen LogP contribution in [-0.4, -0.2) is 5.91 Å². The van der Waals surface area contributed by atoms with Gasteiger partial charge in [0.25, 0.3) is 5.91 Å². The maximum absolute atomic E-state index is 13.0. The van der Waals surface area contributed by atoms with Crippen LogP contribution >= 0.6 is 15.9 Å². The van der Waals surface area contributed by atoms with Gasteiger partial charge in [-0.15, -0.1) is 0 Å². The first kappa shape index (κ1) is 19.1. The second-order valence-electron chi connectivity index (χ2n) is 9.24. The van der Waals surface area contributed by atoms with Crippen LogP contribution in [-0.2, 0) is 0 Å². The van der Waals surface area contributed by atoms with Crippen LogP contribution < -0.4 is 10.6 Å². The standard InChI is InChI=1S/C27H25BrN2O/c28-20-7-4-8-21(15-20)29-27(31)19-11-12-23-22(14-19)24-17-9-10-18(13-17)25(24)26(30-23)16-5-2-1-3-6-16/h1-8,11-12,14-15,17-18,24-26,30H,9-10,13H2,(H,29,31)/t17-,18-,24-,25+,26-/m0/s1. The number of carbonyl (C=O) groups excluding carboxylic acids is 1. The number of anilines is 2. The Balaban J connectivity index is 1.35. The van der Waals surface area contributed by atoms with Crippen molar-refractivity contribution in [1.82, 2.24) is 0 Å². The quantitative estimate of drug-likeness (QED) is 0.430.